The number of carboxylic acid groups (broad SMARTS) is 1. The first-order valence-electron chi connectivity index (χ1n) is 8.63. The molecule has 8 heteroatoms. The molecule has 2 aromatic rings. The van der Waals surface area contributed by atoms with E-state index in [0.717, 1.165) is 17.5 Å². The fourth-order valence-corrected chi connectivity index (χ4v) is 2.55. The van der Waals surface area contributed by atoms with Gasteiger partial charge >= 0.3 is 5.97 Å². The second-order valence-electron chi connectivity index (χ2n) is 5.51. The number of aromatic nitrogens is 1. The molecule has 0 saturated heterocycles. The number of ether oxygens (including phenoxy) is 2. The molecule has 2 rings (SSSR count). The minimum absolute atomic E-state index is 0.0740. The molecule has 0 amide bonds. The summed E-state index contributed by atoms with van der Waals surface area (Å²) in [6.45, 7) is 7.89. The molecule has 158 valence electrons. The van der Waals surface area contributed by atoms with Crippen LogP contribution >= 0.6 is 0 Å². The number of rotatable bonds is 6. The fraction of sp³-hybridized carbons (Fsp3) is 0.286. The van der Waals surface area contributed by atoms with Crippen LogP contribution in [0, 0.1) is 6.92 Å². The number of phenols is 1. The summed E-state index contributed by atoms with van der Waals surface area (Å²) in [5.74, 6) is 0.178. The van der Waals surface area contributed by atoms with Gasteiger partial charge < -0.3 is 24.3 Å². The Morgan fingerprint density at radius 2 is 1.86 bits per heavy atom. The van der Waals surface area contributed by atoms with Gasteiger partial charge in [-0.2, -0.15) is 0 Å². The summed E-state index contributed by atoms with van der Waals surface area (Å²) in [4.78, 5) is 30.2. The topological polar surface area (TPSA) is 115 Å². The lowest BCUT2D eigenvalue weighted by Crippen LogP contribution is -2.04. The first-order chi connectivity index (χ1) is 13.9. The van der Waals surface area contributed by atoms with Crippen LogP contribution < -0.4 is 4.74 Å². The number of esters is 1. The number of nitrogens with zero attached hydrogens (tertiary/aromatic N) is 1. The number of carbonyl (C=O) groups is 3. The minimum Gasteiger partial charge on any atom is -0.504 e. The molecule has 1 aromatic carbocycles. The molecule has 29 heavy (non-hydrogen) atoms. The van der Waals surface area contributed by atoms with Crippen LogP contribution in [-0.2, 0) is 22.5 Å². The minimum atomic E-state index is -0.291. The van der Waals surface area contributed by atoms with Crippen LogP contribution in [0.25, 0.3) is 0 Å². The average molecular weight is 405 g/mol. The number of aldehydes is 1. The Labute approximate surface area is 170 Å². The second-order valence-corrected chi connectivity index (χ2v) is 5.51. The van der Waals surface area contributed by atoms with Crippen molar-refractivity contribution < 1.29 is 34.1 Å². The summed E-state index contributed by atoms with van der Waals surface area (Å²) in [6.07, 6.45) is 5.06. The number of allylic oxidation sites excluding steroid dienone is 1. The van der Waals surface area contributed by atoms with Gasteiger partial charge in [0.2, 0.25) is 0 Å². The SMILES string of the molecule is C=CCn1ccc(C(=O)OC)c1C.CCc1c(C=O)ccc(O)c1OC.O=CO. The number of methoxy groups -OCH3 is 2. The highest BCUT2D eigenvalue weighted by molar-refractivity contribution is 5.90. The van der Waals surface area contributed by atoms with Gasteiger partial charge in [-0.15, -0.1) is 6.58 Å². The highest BCUT2D eigenvalue weighted by atomic mass is 16.5. The zero-order valence-corrected chi connectivity index (χ0v) is 17.0. The maximum atomic E-state index is 11.2. The van der Waals surface area contributed by atoms with Crippen molar-refractivity contribution >= 4 is 18.7 Å². The van der Waals surface area contributed by atoms with Gasteiger partial charge in [0.15, 0.2) is 11.5 Å². The molecule has 1 aromatic heterocycles. The number of carbonyl (C=O) groups excluding carboxylic acids is 2. The Morgan fingerprint density at radius 1 is 1.24 bits per heavy atom. The van der Waals surface area contributed by atoms with Crippen molar-refractivity contribution in [1.29, 1.82) is 0 Å². The molecular formula is C21H27NO7. The van der Waals surface area contributed by atoms with E-state index in [9.17, 15) is 14.7 Å². The van der Waals surface area contributed by atoms with Gasteiger partial charge in [0, 0.05) is 29.6 Å². The van der Waals surface area contributed by atoms with Crippen LogP contribution in [0.1, 0.15) is 38.9 Å². The molecule has 2 N–H and O–H groups in total. The maximum Gasteiger partial charge on any atom is 0.339 e. The molecule has 0 saturated carbocycles. The molecule has 0 radical (unpaired) electrons. The smallest absolute Gasteiger partial charge is 0.339 e. The third-order valence-corrected chi connectivity index (χ3v) is 3.93. The van der Waals surface area contributed by atoms with Crippen molar-refractivity contribution in [2.75, 3.05) is 14.2 Å². The number of phenolic OH excluding ortho intramolecular Hbond substituents is 1. The molecule has 0 spiro atoms. The van der Waals surface area contributed by atoms with Gasteiger partial charge in [-0.3, -0.25) is 9.59 Å². The standard InChI is InChI=1S/C10H13NO2.C10H12O3.CH2O2/c1-4-6-11-7-5-9(8(11)2)10(12)13-3;1-3-8-7(6-11)4-5-9(12)10(8)13-2;2-1-3/h4-5,7H,1,6H2,2-3H3;4-6,12H,3H2,1-2H3;1H,(H,2,3). The third kappa shape index (κ3) is 7.17. The van der Waals surface area contributed by atoms with Gasteiger partial charge in [0.1, 0.15) is 6.29 Å². The molecule has 0 bridgehead atoms. The van der Waals surface area contributed by atoms with E-state index in [4.69, 9.17) is 14.6 Å². The largest absolute Gasteiger partial charge is 0.504 e. The van der Waals surface area contributed by atoms with E-state index < -0.39 is 0 Å². The Bertz CT molecular complexity index is 825. The van der Waals surface area contributed by atoms with Gasteiger partial charge in [-0.1, -0.05) is 13.0 Å². The zero-order valence-electron chi connectivity index (χ0n) is 17.0. The third-order valence-electron chi connectivity index (χ3n) is 3.93. The molecule has 0 aliphatic rings. The highest BCUT2D eigenvalue weighted by Gasteiger charge is 2.12. The predicted octanol–water partition coefficient (Wildman–Crippen LogP) is 3.25. The molecule has 0 unspecified atom stereocenters. The van der Waals surface area contributed by atoms with E-state index in [2.05, 4.69) is 11.3 Å². The summed E-state index contributed by atoms with van der Waals surface area (Å²) in [7, 11) is 2.86. The maximum absolute atomic E-state index is 11.2. The fourth-order valence-electron chi connectivity index (χ4n) is 2.55. The van der Waals surface area contributed by atoms with E-state index in [1.807, 2.05) is 24.6 Å². The van der Waals surface area contributed by atoms with Gasteiger partial charge in [0.25, 0.3) is 6.47 Å². The monoisotopic (exact) mass is 405 g/mol. The molecule has 0 fully saturated rings. The van der Waals surface area contributed by atoms with Crippen LogP contribution in [-0.4, -0.2) is 47.7 Å². The average Bonchev–Trinajstić information content (AvgIpc) is 3.08. The number of hydrogen-bond acceptors (Lipinski definition) is 6. The van der Waals surface area contributed by atoms with Gasteiger partial charge in [0.05, 0.1) is 19.8 Å². The quantitative estimate of drug-likeness (QED) is 0.431. The van der Waals surface area contributed by atoms with Crippen LogP contribution in [0.3, 0.4) is 0 Å². The highest BCUT2D eigenvalue weighted by Crippen LogP contribution is 2.32. The Kier molecular flexibility index (Phi) is 11.9. The molecule has 0 aliphatic carbocycles. The first-order valence-corrected chi connectivity index (χ1v) is 8.63. The lowest BCUT2D eigenvalue weighted by Gasteiger charge is -2.10. The molecule has 0 aliphatic heterocycles. The normalized spacial score (nSPS) is 9.10. The van der Waals surface area contributed by atoms with Crippen molar-refractivity contribution in [2.45, 2.75) is 26.8 Å². The van der Waals surface area contributed by atoms with Gasteiger partial charge in [-0.25, -0.2) is 4.79 Å². The van der Waals surface area contributed by atoms with Crippen molar-refractivity contribution in [3.63, 3.8) is 0 Å². The van der Waals surface area contributed by atoms with E-state index in [1.54, 1.807) is 18.2 Å². The summed E-state index contributed by atoms with van der Waals surface area (Å²) >= 11 is 0. The second kappa shape index (κ2) is 13.6. The van der Waals surface area contributed by atoms with Crippen molar-refractivity contribution in [1.82, 2.24) is 4.57 Å². The Hall–Kier alpha value is -3.55. The lowest BCUT2D eigenvalue weighted by molar-refractivity contribution is -0.122. The van der Waals surface area contributed by atoms with Crippen LogP contribution in [0.5, 0.6) is 11.5 Å². The summed E-state index contributed by atoms with van der Waals surface area (Å²) in [5, 5.41) is 16.3. The van der Waals surface area contributed by atoms with Crippen molar-refractivity contribution in [3.05, 3.63) is 59.4 Å². The zero-order chi connectivity index (χ0) is 22.4. The Morgan fingerprint density at radius 3 is 2.31 bits per heavy atom. The molecule has 1 heterocycles. The first kappa shape index (κ1) is 25.4. The van der Waals surface area contributed by atoms with E-state index in [1.165, 1.54) is 20.3 Å². The summed E-state index contributed by atoms with van der Waals surface area (Å²) in [6, 6.07) is 4.80. The van der Waals surface area contributed by atoms with Crippen LogP contribution in [0.4, 0.5) is 0 Å². The summed E-state index contributed by atoms with van der Waals surface area (Å²) < 4.78 is 11.6. The Balaban J connectivity index is 0.000000477. The lowest BCUT2D eigenvalue weighted by atomic mass is 10.0. The van der Waals surface area contributed by atoms with E-state index in [-0.39, 0.29) is 18.2 Å². The van der Waals surface area contributed by atoms with Crippen molar-refractivity contribution in [3.8, 4) is 11.5 Å². The van der Waals surface area contributed by atoms with E-state index >= 15 is 0 Å². The molecule has 8 nitrogen and oxygen atoms in total. The predicted molar refractivity (Wildman–Crippen MR) is 109 cm³/mol. The summed E-state index contributed by atoms with van der Waals surface area (Å²) in [5.41, 5.74) is 2.84. The van der Waals surface area contributed by atoms with Crippen LogP contribution in [0.15, 0.2) is 37.1 Å². The van der Waals surface area contributed by atoms with E-state index in [0.29, 0.717) is 29.8 Å². The van der Waals surface area contributed by atoms with Crippen LogP contribution in [0.2, 0.25) is 0 Å². The molecule has 0 atom stereocenters. The number of benzene rings is 1. The van der Waals surface area contributed by atoms with Gasteiger partial charge in [-0.05, 0) is 31.5 Å². The number of hydrogen-bond donors (Lipinski definition) is 2. The molecular weight excluding hydrogens is 378 g/mol. The van der Waals surface area contributed by atoms with Crippen molar-refractivity contribution in [2.24, 2.45) is 0 Å². The number of aromatic hydroxyl groups is 1.